The smallest absolute Gasteiger partial charge is 0.356 e. The van der Waals surface area contributed by atoms with Crippen molar-refractivity contribution in [2.75, 3.05) is 18.0 Å². The number of hydrogen-bond acceptors (Lipinski definition) is 2. The van der Waals surface area contributed by atoms with E-state index in [0.29, 0.717) is 13.3 Å². The molecule has 2 aliphatic heterocycles. The van der Waals surface area contributed by atoms with Gasteiger partial charge in [0.1, 0.15) is 0 Å². The number of carbonyl (C=O) groups excluding carboxylic acids is 2. The molecule has 2 saturated heterocycles. The van der Waals surface area contributed by atoms with E-state index < -0.39 is 37.0 Å². The van der Waals surface area contributed by atoms with E-state index in [1.54, 1.807) is 0 Å². The molecule has 0 aromatic heterocycles. The summed E-state index contributed by atoms with van der Waals surface area (Å²) in [6.45, 7) is 0.362. The molecule has 0 aromatic rings. The number of alkyl halides is 7. The third-order valence-corrected chi connectivity index (χ3v) is 3.84. The summed E-state index contributed by atoms with van der Waals surface area (Å²) in [6, 6.07) is 0. The van der Waals surface area contributed by atoms with Gasteiger partial charge < -0.3 is 9.99 Å². The molecule has 0 aliphatic carbocycles. The van der Waals surface area contributed by atoms with Gasteiger partial charge in [-0.3, -0.25) is 9.59 Å². The van der Waals surface area contributed by atoms with Crippen LogP contribution in [0.15, 0.2) is 0 Å². The number of hydrogen-bond donors (Lipinski definition) is 1. The van der Waals surface area contributed by atoms with Gasteiger partial charge in [-0.25, -0.2) is 0 Å². The molecule has 0 radical (unpaired) electrons. The van der Waals surface area contributed by atoms with Crippen LogP contribution in [0, 0.1) is 11.8 Å². The molecule has 4 nitrogen and oxygen atoms in total. The Morgan fingerprint density at radius 2 is 1.46 bits per heavy atom. The van der Waals surface area contributed by atoms with Gasteiger partial charge in [0, 0.05) is 38.8 Å². The molecule has 0 aromatic carbocycles. The molecule has 0 saturated carbocycles. The fourth-order valence-corrected chi connectivity index (χ4v) is 2.81. The Balaban J connectivity index is 0. The van der Waals surface area contributed by atoms with E-state index in [4.69, 9.17) is 0 Å². The van der Waals surface area contributed by atoms with Crippen LogP contribution >= 0.6 is 69.2 Å². The molecule has 2 fully saturated rings. The summed E-state index contributed by atoms with van der Waals surface area (Å²) in [5.41, 5.74) is 0. The maximum Gasteiger partial charge on any atom is 0.389 e. The average molecular weight is 889 g/mol. The van der Waals surface area contributed by atoms with E-state index in [9.17, 15) is 35.9 Å². The van der Waals surface area contributed by atoms with Crippen molar-refractivity contribution in [2.45, 2.75) is 38.0 Å². The zero-order valence-electron chi connectivity index (χ0n) is 14.5. The number of nitrogens with one attached hydrogen (secondary N) is 1. The van der Waals surface area contributed by atoms with Crippen LogP contribution in [0.2, 0.25) is 0 Å². The Labute approximate surface area is 205 Å². The number of halogens is 10. The summed E-state index contributed by atoms with van der Waals surface area (Å²) in [6.07, 6.45) is -9.98. The van der Waals surface area contributed by atoms with E-state index in [1.165, 1.54) is 4.67 Å². The van der Waals surface area contributed by atoms with Gasteiger partial charge in [0.2, 0.25) is 11.8 Å². The summed E-state index contributed by atoms with van der Waals surface area (Å²) in [5, 5.41) is 2.35. The molecular weight excluding hydrogens is 869 g/mol. The van der Waals surface area contributed by atoms with Crippen molar-refractivity contribution in [3.63, 3.8) is 0 Å². The predicted octanol–water partition coefficient (Wildman–Crippen LogP) is 2.48. The van der Waals surface area contributed by atoms with Crippen LogP contribution in [0.1, 0.15) is 25.7 Å². The van der Waals surface area contributed by atoms with Crippen LogP contribution in [-0.4, -0.2) is 46.9 Å². The van der Waals surface area contributed by atoms with Crippen LogP contribution in [0.4, 0.5) is 26.3 Å². The van der Waals surface area contributed by atoms with E-state index in [0.717, 1.165) is 0 Å². The van der Waals surface area contributed by atoms with Crippen molar-refractivity contribution in [1.29, 1.82) is 0 Å². The molecule has 15 heteroatoms. The van der Waals surface area contributed by atoms with Crippen LogP contribution < -0.4 is 18.6 Å². The predicted molar refractivity (Wildman–Crippen MR) is 120 cm³/mol. The number of carbonyl (C=O) groups is 2. The first-order valence-corrected chi connectivity index (χ1v) is 22.7. The van der Waals surface area contributed by atoms with Gasteiger partial charge in [0.05, 0.1) is 0 Å². The van der Waals surface area contributed by atoms with Gasteiger partial charge in [-0.2, -0.15) is 26.3 Å². The maximum absolute atomic E-state index is 11.8. The zero-order chi connectivity index (χ0) is 22.5. The Kier molecular flexibility index (Phi) is 18.9. The molecule has 3 unspecified atom stereocenters. The first-order valence-electron chi connectivity index (χ1n) is 7.47. The summed E-state index contributed by atoms with van der Waals surface area (Å²) < 4.78 is 71.8. The molecule has 0 spiro atoms. The van der Waals surface area contributed by atoms with E-state index in [1.807, 2.05) is 4.93 Å². The van der Waals surface area contributed by atoms with Crippen LogP contribution in [0.25, 0.3) is 0 Å². The fraction of sp³-hybridized carbons (Fsp3) is 0.846. The Hall–Kier alpha value is 1.87. The maximum atomic E-state index is 11.8. The van der Waals surface area contributed by atoms with E-state index in [2.05, 4.69) is 74.5 Å². The van der Waals surface area contributed by atoms with Gasteiger partial charge in [-0.05, 0) is 26.2 Å². The molecule has 170 valence electrons. The third-order valence-electron chi connectivity index (χ3n) is 3.34. The SMILES string of the molecule is CI.I[I-]I.O=C1CC(CC(F)(F)F)CN1.O=C1CC(CC(F)(F)F)CN1P. The van der Waals surface area contributed by atoms with Crippen molar-refractivity contribution in [3.8, 4) is 0 Å². The first kappa shape index (κ1) is 32.1. The second kappa shape index (κ2) is 16.5. The molecular formula is C13H20F6I4N2O2P-. The van der Waals surface area contributed by atoms with Gasteiger partial charge in [0.25, 0.3) is 0 Å². The standard InChI is InChI=1S/C6H9F3NOP.C6H8F3NO.CH3I.I3/c7-6(8,9)2-4-1-5(11)10(12)3-4;7-6(8,9)2-4-1-5(11)10-3-4;1-2;1-3-2/h4H,1-3,12H2;4H,1-3H2,(H,10,11);1H3;/q;;;-1. The summed E-state index contributed by atoms with van der Waals surface area (Å²) >= 11 is 7.45. The van der Waals surface area contributed by atoms with Crippen molar-refractivity contribution in [2.24, 2.45) is 11.8 Å². The Bertz CT molecular complexity index is 471. The largest absolute Gasteiger partial charge is 0.389 e. The van der Waals surface area contributed by atoms with Crippen LogP contribution in [0.3, 0.4) is 0 Å². The Morgan fingerprint density at radius 3 is 1.75 bits per heavy atom. The van der Waals surface area contributed by atoms with Crippen molar-refractivity contribution in [3.05, 3.63) is 0 Å². The quantitative estimate of drug-likeness (QED) is 0.201. The minimum absolute atomic E-state index is 0.0134. The monoisotopic (exact) mass is 889 g/mol. The van der Waals surface area contributed by atoms with Crippen LogP contribution in [-0.2, 0) is 9.59 Å². The average Bonchev–Trinajstić information content (AvgIpc) is 3.05. The van der Waals surface area contributed by atoms with Crippen molar-refractivity contribution in [1.82, 2.24) is 9.99 Å². The normalized spacial score (nSPS) is 21.8. The van der Waals surface area contributed by atoms with Gasteiger partial charge >= 0.3 is 62.8 Å². The number of rotatable bonds is 2. The molecule has 2 aliphatic rings. The molecule has 2 heterocycles. The second-order valence-corrected chi connectivity index (χ2v) is 22.6. The van der Waals surface area contributed by atoms with Gasteiger partial charge in [0.15, 0.2) is 0 Å². The molecule has 0 bridgehead atoms. The molecule has 2 rings (SSSR count). The zero-order valence-corrected chi connectivity index (χ0v) is 24.3. The van der Waals surface area contributed by atoms with Gasteiger partial charge in [-0.15, -0.1) is 0 Å². The van der Waals surface area contributed by atoms with Crippen LogP contribution in [0.5, 0.6) is 0 Å². The first-order chi connectivity index (χ1) is 12.8. The summed E-state index contributed by atoms with van der Waals surface area (Å²) in [7, 11) is 2.12. The molecule has 28 heavy (non-hydrogen) atoms. The summed E-state index contributed by atoms with van der Waals surface area (Å²) in [4.78, 5) is 23.2. The minimum atomic E-state index is -4.15. The Morgan fingerprint density at radius 1 is 1.04 bits per heavy atom. The minimum Gasteiger partial charge on any atom is -0.356 e. The van der Waals surface area contributed by atoms with Gasteiger partial charge in [-0.1, -0.05) is 22.6 Å². The topological polar surface area (TPSA) is 49.4 Å². The van der Waals surface area contributed by atoms with E-state index in [-0.39, 0.29) is 37.7 Å². The van der Waals surface area contributed by atoms with E-state index >= 15 is 0 Å². The number of nitrogens with zero attached hydrogens (tertiary/aromatic N) is 1. The van der Waals surface area contributed by atoms with Crippen molar-refractivity contribution >= 4 is 81.0 Å². The number of amides is 2. The molecule has 1 N–H and O–H groups in total. The second-order valence-electron chi connectivity index (χ2n) is 5.68. The van der Waals surface area contributed by atoms with Crippen molar-refractivity contribution < 1.29 is 49.2 Å². The summed E-state index contributed by atoms with van der Waals surface area (Å²) in [5.74, 6) is -1.62. The molecule has 2 amide bonds. The molecule has 3 atom stereocenters. The third kappa shape index (κ3) is 18.6. The fourth-order valence-electron chi connectivity index (χ4n) is 2.41.